The molecule has 2 N–H and O–H groups in total. The predicted molar refractivity (Wildman–Crippen MR) is 63.2 cm³/mol. The van der Waals surface area contributed by atoms with Gasteiger partial charge in [0.2, 0.25) is 5.95 Å². The van der Waals surface area contributed by atoms with Gasteiger partial charge in [0.15, 0.2) is 0 Å². The summed E-state index contributed by atoms with van der Waals surface area (Å²) in [6, 6.07) is 3.37. The zero-order chi connectivity index (χ0) is 12.3. The van der Waals surface area contributed by atoms with Crippen LogP contribution in [0.3, 0.4) is 0 Å². The molecule has 94 valence electrons. The number of halogens is 1. The number of methoxy groups -OCH3 is 1. The van der Waals surface area contributed by atoms with E-state index in [4.69, 9.17) is 10.5 Å². The first-order valence-electron chi connectivity index (χ1n) is 5.79. The van der Waals surface area contributed by atoms with Gasteiger partial charge in [-0.25, -0.2) is 4.98 Å². The van der Waals surface area contributed by atoms with Gasteiger partial charge in [0.05, 0.1) is 6.61 Å². The second-order valence-corrected chi connectivity index (χ2v) is 4.43. The molecule has 1 aliphatic heterocycles. The summed E-state index contributed by atoms with van der Waals surface area (Å²) in [4.78, 5) is 5.81. The zero-order valence-corrected chi connectivity index (χ0v) is 9.97. The maximum atomic E-state index is 13.1. The van der Waals surface area contributed by atoms with Crippen LogP contribution in [-0.4, -0.2) is 49.3 Å². The van der Waals surface area contributed by atoms with E-state index in [9.17, 15) is 4.39 Å². The van der Waals surface area contributed by atoms with Crippen LogP contribution in [0.25, 0.3) is 0 Å². The van der Waals surface area contributed by atoms with Crippen molar-refractivity contribution in [3.05, 3.63) is 29.8 Å². The lowest BCUT2D eigenvalue weighted by Gasteiger charge is -2.15. The predicted octanol–water partition coefficient (Wildman–Crippen LogP) is 0.594. The third kappa shape index (κ3) is 3.00. The van der Waals surface area contributed by atoms with Gasteiger partial charge in [-0.2, -0.15) is 4.39 Å². The van der Waals surface area contributed by atoms with Crippen LogP contribution in [0.4, 0.5) is 4.39 Å². The summed E-state index contributed by atoms with van der Waals surface area (Å²) in [7, 11) is 1.69. The summed E-state index contributed by atoms with van der Waals surface area (Å²) < 4.78 is 18.1. The standard InChI is InChI=1S/C12H18FN3O/c1-17-5-4-16-7-10(11(14)8-16)9-2-3-15-12(13)6-9/h2-3,6,10-11H,4-5,7-8,14H2,1H3/t10-,11+/m0/s1. The van der Waals surface area contributed by atoms with E-state index in [2.05, 4.69) is 9.88 Å². The first-order valence-corrected chi connectivity index (χ1v) is 5.79. The second kappa shape index (κ2) is 5.53. The summed E-state index contributed by atoms with van der Waals surface area (Å²) in [5, 5.41) is 0. The van der Waals surface area contributed by atoms with Crippen LogP contribution in [0, 0.1) is 5.95 Å². The summed E-state index contributed by atoms with van der Waals surface area (Å²) in [5.74, 6) is -0.255. The Morgan fingerprint density at radius 1 is 1.59 bits per heavy atom. The summed E-state index contributed by atoms with van der Waals surface area (Å²) in [6.45, 7) is 3.25. The van der Waals surface area contributed by atoms with Crippen LogP contribution < -0.4 is 5.73 Å². The molecule has 0 radical (unpaired) electrons. The Morgan fingerprint density at radius 2 is 2.41 bits per heavy atom. The molecule has 0 bridgehead atoms. The number of nitrogens with zero attached hydrogens (tertiary/aromatic N) is 2. The number of aromatic nitrogens is 1. The van der Waals surface area contributed by atoms with Gasteiger partial charge in [-0.15, -0.1) is 0 Å². The molecule has 1 fully saturated rings. The third-order valence-corrected chi connectivity index (χ3v) is 3.23. The smallest absolute Gasteiger partial charge is 0.213 e. The normalized spacial score (nSPS) is 25.4. The molecule has 1 saturated heterocycles. The fourth-order valence-corrected chi connectivity index (χ4v) is 2.32. The van der Waals surface area contributed by atoms with Crippen LogP contribution in [-0.2, 0) is 4.74 Å². The van der Waals surface area contributed by atoms with Crippen molar-refractivity contribution in [2.45, 2.75) is 12.0 Å². The number of nitrogens with two attached hydrogens (primary N) is 1. The first-order chi connectivity index (χ1) is 8.20. The van der Waals surface area contributed by atoms with Crippen molar-refractivity contribution in [2.75, 3.05) is 33.4 Å². The van der Waals surface area contributed by atoms with E-state index in [1.54, 1.807) is 7.11 Å². The van der Waals surface area contributed by atoms with Gasteiger partial charge in [-0.3, -0.25) is 4.90 Å². The van der Waals surface area contributed by atoms with Crippen molar-refractivity contribution in [2.24, 2.45) is 5.73 Å². The van der Waals surface area contributed by atoms with E-state index in [1.165, 1.54) is 12.3 Å². The molecule has 1 aromatic heterocycles. The lowest BCUT2D eigenvalue weighted by atomic mass is 9.96. The molecule has 4 nitrogen and oxygen atoms in total. The molecule has 1 aromatic rings. The molecule has 0 unspecified atom stereocenters. The highest BCUT2D eigenvalue weighted by molar-refractivity contribution is 5.21. The number of likely N-dealkylation sites (tertiary alicyclic amines) is 1. The second-order valence-electron chi connectivity index (χ2n) is 4.43. The average Bonchev–Trinajstić information content (AvgIpc) is 2.68. The molecule has 17 heavy (non-hydrogen) atoms. The van der Waals surface area contributed by atoms with Crippen molar-refractivity contribution in [1.82, 2.24) is 9.88 Å². The summed E-state index contributed by atoms with van der Waals surface area (Å²) in [6.07, 6.45) is 1.50. The largest absolute Gasteiger partial charge is 0.383 e. The minimum absolute atomic E-state index is 0.0497. The highest BCUT2D eigenvalue weighted by atomic mass is 19.1. The van der Waals surface area contributed by atoms with E-state index in [0.29, 0.717) is 6.61 Å². The molecule has 1 aliphatic rings. The van der Waals surface area contributed by atoms with Gasteiger partial charge in [0.25, 0.3) is 0 Å². The number of ether oxygens (including phenoxy) is 1. The Labute approximate surface area is 101 Å². The first kappa shape index (κ1) is 12.4. The van der Waals surface area contributed by atoms with Crippen LogP contribution >= 0.6 is 0 Å². The average molecular weight is 239 g/mol. The fraction of sp³-hybridized carbons (Fsp3) is 0.583. The Balaban J connectivity index is 2.02. The number of hydrogen-bond donors (Lipinski definition) is 1. The Morgan fingerprint density at radius 3 is 3.12 bits per heavy atom. The van der Waals surface area contributed by atoms with Gasteiger partial charge in [-0.05, 0) is 17.7 Å². The fourth-order valence-electron chi connectivity index (χ4n) is 2.32. The highest BCUT2D eigenvalue weighted by Crippen LogP contribution is 2.26. The third-order valence-electron chi connectivity index (χ3n) is 3.23. The number of hydrogen-bond acceptors (Lipinski definition) is 4. The highest BCUT2D eigenvalue weighted by Gasteiger charge is 2.31. The van der Waals surface area contributed by atoms with Gasteiger partial charge < -0.3 is 10.5 Å². The van der Waals surface area contributed by atoms with E-state index < -0.39 is 5.95 Å². The minimum atomic E-state index is -0.440. The SMILES string of the molecule is COCCN1C[C@@H](N)[C@H](c2ccnc(F)c2)C1. The molecule has 0 amide bonds. The van der Waals surface area contributed by atoms with Crippen molar-refractivity contribution in [1.29, 1.82) is 0 Å². The maximum Gasteiger partial charge on any atom is 0.213 e. The van der Waals surface area contributed by atoms with Crippen molar-refractivity contribution < 1.29 is 9.13 Å². The Bertz CT molecular complexity index is 375. The molecular weight excluding hydrogens is 221 g/mol. The lowest BCUT2D eigenvalue weighted by molar-refractivity contribution is 0.160. The molecule has 0 aliphatic carbocycles. The Hall–Kier alpha value is -1.04. The molecule has 5 heteroatoms. The quantitative estimate of drug-likeness (QED) is 0.781. The van der Waals surface area contributed by atoms with Crippen molar-refractivity contribution >= 4 is 0 Å². The molecular formula is C12H18FN3O. The van der Waals surface area contributed by atoms with E-state index >= 15 is 0 Å². The van der Waals surface area contributed by atoms with Crippen molar-refractivity contribution in [3.8, 4) is 0 Å². The van der Waals surface area contributed by atoms with Gasteiger partial charge in [-0.1, -0.05) is 0 Å². The monoisotopic (exact) mass is 239 g/mol. The number of pyridine rings is 1. The van der Waals surface area contributed by atoms with Crippen LogP contribution in [0.1, 0.15) is 11.5 Å². The molecule has 2 atom stereocenters. The van der Waals surface area contributed by atoms with Gasteiger partial charge >= 0.3 is 0 Å². The summed E-state index contributed by atoms with van der Waals surface area (Å²) in [5.41, 5.74) is 7.03. The number of rotatable bonds is 4. The maximum absolute atomic E-state index is 13.1. The minimum Gasteiger partial charge on any atom is -0.383 e. The van der Waals surface area contributed by atoms with Gasteiger partial charge in [0, 0.05) is 44.9 Å². The Kier molecular flexibility index (Phi) is 4.04. The van der Waals surface area contributed by atoms with E-state index in [1.807, 2.05) is 6.07 Å². The molecule has 2 rings (SSSR count). The zero-order valence-electron chi connectivity index (χ0n) is 9.97. The van der Waals surface area contributed by atoms with Crippen LogP contribution in [0.5, 0.6) is 0 Å². The topological polar surface area (TPSA) is 51.4 Å². The molecule has 0 saturated carbocycles. The van der Waals surface area contributed by atoms with Crippen LogP contribution in [0.2, 0.25) is 0 Å². The van der Waals surface area contributed by atoms with E-state index in [-0.39, 0.29) is 12.0 Å². The molecule has 2 heterocycles. The van der Waals surface area contributed by atoms with Crippen LogP contribution in [0.15, 0.2) is 18.3 Å². The lowest BCUT2D eigenvalue weighted by Crippen LogP contribution is -2.30. The van der Waals surface area contributed by atoms with Crippen molar-refractivity contribution in [3.63, 3.8) is 0 Å². The molecule has 0 aromatic carbocycles. The van der Waals surface area contributed by atoms with E-state index in [0.717, 1.165) is 25.2 Å². The summed E-state index contributed by atoms with van der Waals surface area (Å²) >= 11 is 0. The van der Waals surface area contributed by atoms with Gasteiger partial charge in [0.1, 0.15) is 0 Å². The molecule has 0 spiro atoms.